The average molecular weight is 272 g/mol. The first-order valence-electron chi connectivity index (χ1n) is 6.27. The van der Waals surface area contributed by atoms with Crippen molar-refractivity contribution in [3.63, 3.8) is 0 Å². The Kier molecular flexibility index (Phi) is 4.55. The minimum atomic E-state index is -0.581. The second-order valence-electron chi connectivity index (χ2n) is 3.99. The molecule has 0 saturated carbocycles. The minimum absolute atomic E-state index is 0.305. The average Bonchev–Trinajstić information content (AvgIpc) is 2.47. The van der Waals surface area contributed by atoms with Gasteiger partial charge in [-0.2, -0.15) is 5.10 Å². The van der Waals surface area contributed by atoms with Gasteiger partial charge < -0.3 is 9.47 Å². The molecule has 2 aromatic carbocycles. The molecule has 1 amide bonds. The lowest BCUT2D eigenvalue weighted by atomic mass is 10.0. The quantitative estimate of drug-likeness (QED) is 0.687. The third kappa shape index (κ3) is 3.06. The number of carbonyl (C=O) groups is 1. The molecule has 0 atom stereocenters. The van der Waals surface area contributed by atoms with Crippen molar-refractivity contribution < 1.29 is 14.3 Å². The number of benzene rings is 2. The second-order valence-corrected chi connectivity index (χ2v) is 3.99. The Morgan fingerprint density at radius 2 is 2.10 bits per heavy atom. The van der Waals surface area contributed by atoms with E-state index in [2.05, 4.69) is 10.5 Å². The molecule has 20 heavy (non-hydrogen) atoms. The summed E-state index contributed by atoms with van der Waals surface area (Å²) >= 11 is 0. The van der Waals surface area contributed by atoms with Crippen LogP contribution in [0.2, 0.25) is 0 Å². The topological polar surface area (TPSA) is 59.9 Å². The second kappa shape index (κ2) is 6.56. The van der Waals surface area contributed by atoms with Gasteiger partial charge in [0.2, 0.25) is 0 Å². The van der Waals surface area contributed by atoms with E-state index in [-0.39, 0.29) is 0 Å². The van der Waals surface area contributed by atoms with Crippen molar-refractivity contribution in [1.29, 1.82) is 0 Å². The normalized spacial score (nSPS) is 10.7. The highest BCUT2D eigenvalue weighted by Gasteiger charge is 2.06. The van der Waals surface area contributed by atoms with Crippen LogP contribution in [0, 0.1) is 0 Å². The zero-order chi connectivity index (χ0) is 14.4. The Balaban J connectivity index is 2.31. The standard InChI is InChI=1S/C15H16N2O3/c1-3-20-15(18)17-16-10-13-12-7-5-4-6-11(12)8-9-14(13)19-2/h4-10H,3H2,1-2H3,(H,17,18)/b16-10-. The van der Waals surface area contributed by atoms with Gasteiger partial charge in [0.25, 0.3) is 0 Å². The summed E-state index contributed by atoms with van der Waals surface area (Å²) in [5, 5.41) is 5.97. The molecular weight excluding hydrogens is 256 g/mol. The maximum absolute atomic E-state index is 11.2. The summed E-state index contributed by atoms with van der Waals surface area (Å²) in [4.78, 5) is 11.2. The molecule has 5 nitrogen and oxygen atoms in total. The number of hydrogen-bond donors (Lipinski definition) is 1. The highest BCUT2D eigenvalue weighted by molar-refractivity contribution is 6.02. The number of nitrogens with zero attached hydrogens (tertiary/aromatic N) is 1. The van der Waals surface area contributed by atoms with E-state index in [4.69, 9.17) is 9.47 Å². The SMILES string of the molecule is CCOC(=O)N/N=C\c1c(OC)ccc2ccccc12. The van der Waals surface area contributed by atoms with Gasteiger partial charge in [-0.05, 0) is 23.8 Å². The van der Waals surface area contributed by atoms with Crippen molar-refractivity contribution in [3.05, 3.63) is 42.0 Å². The maximum Gasteiger partial charge on any atom is 0.427 e. The van der Waals surface area contributed by atoms with Gasteiger partial charge in [0.1, 0.15) is 5.75 Å². The number of amides is 1. The molecule has 2 rings (SSSR count). The molecule has 1 N–H and O–H groups in total. The first kappa shape index (κ1) is 13.9. The van der Waals surface area contributed by atoms with Crippen LogP contribution in [-0.4, -0.2) is 26.0 Å². The van der Waals surface area contributed by atoms with Crippen LogP contribution in [0.25, 0.3) is 10.8 Å². The smallest absolute Gasteiger partial charge is 0.427 e. The van der Waals surface area contributed by atoms with Crippen LogP contribution in [0.1, 0.15) is 12.5 Å². The van der Waals surface area contributed by atoms with E-state index in [1.165, 1.54) is 0 Å². The van der Waals surface area contributed by atoms with Gasteiger partial charge in [-0.1, -0.05) is 30.3 Å². The molecule has 0 unspecified atom stereocenters. The first-order valence-corrected chi connectivity index (χ1v) is 6.27. The van der Waals surface area contributed by atoms with Crippen molar-refractivity contribution >= 4 is 23.1 Å². The zero-order valence-electron chi connectivity index (χ0n) is 11.4. The highest BCUT2D eigenvalue weighted by atomic mass is 16.5. The lowest BCUT2D eigenvalue weighted by Gasteiger charge is -2.08. The van der Waals surface area contributed by atoms with E-state index in [0.29, 0.717) is 12.4 Å². The van der Waals surface area contributed by atoms with Crippen LogP contribution in [0.3, 0.4) is 0 Å². The predicted molar refractivity (Wildman–Crippen MR) is 78.3 cm³/mol. The lowest BCUT2D eigenvalue weighted by Crippen LogP contribution is -2.18. The summed E-state index contributed by atoms with van der Waals surface area (Å²) in [6, 6.07) is 11.7. The van der Waals surface area contributed by atoms with Gasteiger partial charge in [0, 0.05) is 5.56 Å². The molecule has 0 aromatic heterocycles. The molecule has 0 aliphatic carbocycles. The molecular formula is C15H16N2O3. The van der Waals surface area contributed by atoms with Crippen LogP contribution in [0.15, 0.2) is 41.5 Å². The van der Waals surface area contributed by atoms with E-state index >= 15 is 0 Å². The molecule has 104 valence electrons. The van der Waals surface area contributed by atoms with E-state index in [1.807, 2.05) is 36.4 Å². The summed E-state index contributed by atoms with van der Waals surface area (Å²) in [5.74, 6) is 0.693. The molecule has 5 heteroatoms. The van der Waals surface area contributed by atoms with Gasteiger partial charge in [-0.3, -0.25) is 0 Å². The van der Waals surface area contributed by atoms with Crippen molar-refractivity contribution in [2.75, 3.05) is 13.7 Å². The molecule has 0 fully saturated rings. The van der Waals surface area contributed by atoms with Gasteiger partial charge in [-0.25, -0.2) is 10.2 Å². The van der Waals surface area contributed by atoms with E-state index in [0.717, 1.165) is 16.3 Å². The number of carbonyl (C=O) groups excluding carboxylic acids is 1. The number of hydrogen-bond acceptors (Lipinski definition) is 4. The maximum atomic E-state index is 11.2. The predicted octanol–water partition coefficient (Wildman–Crippen LogP) is 2.93. The number of fused-ring (bicyclic) bond motifs is 1. The summed E-state index contributed by atoms with van der Waals surface area (Å²) < 4.78 is 10.1. The van der Waals surface area contributed by atoms with Crippen LogP contribution in [-0.2, 0) is 4.74 Å². The Bertz CT molecular complexity index is 638. The fourth-order valence-electron chi connectivity index (χ4n) is 1.90. The molecule has 0 aliphatic heterocycles. The summed E-state index contributed by atoms with van der Waals surface area (Å²) in [5.41, 5.74) is 3.11. The van der Waals surface area contributed by atoms with Crippen LogP contribution >= 0.6 is 0 Å². The Morgan fingerprint density at radius 3 is 2.85 bits per heavy atom. The third-order valence-corrected chi connectivity index (χ3v) is 2.78. The lowest BCUT2D eigenvalue weighted by molar-refractivity contribution is 0.152. The Labute approximate surface area is 117 Å². The minimum Gasteiger partial charge on any atom is -0.496 e. The number of methoxy groups -OCH3 is 1. The van der Waals surface area contributed by atoms with E-state index < -0.39 is 6.09 Å². The highest BCUT2D eigenvalue weighted by Crippen LogP contribution is 2.26. The third-order valence-electron chi connectivity index (χ3n) is 2.78. The van der Waals surface area contributed by atoms with Gasteiger partial charge in [0.05, 0.1) is 19.9 Å². The monoisotopic (exact) mass is 272 g/mol. The molecule has 0 spiro atoms. The molecule has 0 saturated heterocycles. The zero-order valence-corrected chi connectivity index (χ0v) is 11.4. The molecule has 2 aromatic rings. The van der Waals surface area contributed by atoms with E-state index in [9.17, 15) is 4.79 Å². The number of hydrazone groups is 1. The number of nitrogens with one attached hydrogen (secondary N) is 1. The largest absolute Gasteiger partial charge is 0.496 e. The Hall–Kier alpha value is -2.56. The molecule has 0 heterocycles. The summed E-state index contributed by atoms with van der Waals surface area (Å²) in [6.07, 6.45) is 0.973. The molecule has 0 aliphatic rings. The molecule has 0 radical (unpaired) electrons. The van der Waals surface area contributed by atoms with Crippen LogP contribution < -0.4 is 10.2 Å². The summed E-state index contributed by atoms with van der Waals surface area (Å²) in [6.45, 7) is 2.04. The number of ether oxygens (including phenoxy) is 2. The Morgan fingerprint density at radius 1 is 1.30 bits per heavy atom. The van der Waals surface area contributed by atoms with Crippen molar-refractivity contribution in [1.82, 2.24) is 5.43 Å². The first-order chi connectivity index (χ1) is 9.76. The van der Waals surface area contributed by atoms with Crippen molar-refractivity contribution in [2.45, 2.75) is 6.92 Å². The fraction of sp³-hybridized carbons (Fsp3) is 0.200. The van der Waals surface area contributed by atoms with Gasteiger partial charge >= 0.3 is 6.09 Å². The number of rotatable bonds is 4. The van der Waals surface area contributed by atoms with Crippen molar-refractivity contribution in [3.8, 4) is 5.75 Å². The van der Waals surface area contributed by atoms with Crippen LogP contribution in [0.4, 0.5) is 4.79 Å². The van der Waals surface area contributed by atoms with Gasteiger partial charge in [-0.15, -0.1) is 0 Å². The van der Waals surface area contributed by atoms with Crippen molar-refractivity contribution in [2.24, 2.45) is 5.10 Å². The molecule has 0 bridgehead atoms. The van der Waals surface area contributed by atoms with E-state index in [1.54, 1.807) is 20.2 Å². The van der Waals surface area contributed by atoms with Gasteiger partial charge in [0.15, 0.2) is 0 Å². The fourth-order valence-corrected chi connectivity index (χ4v) is 1.90. The summed E-state index contributed by atoms with van der Waals surface area (Å²) in [7, 11) is 1.60. The van der Waals surface area contributed by atoms with Crippen LogP contribution in [0.5, 0.6) is 5.75 Å².